The molecule has 1 aromatic heterocycles. The first kappa shape index (κ1) is 12.8. The molecule has 0 atom stereocenters. The predicted molar refractivity (Wildman–Crippen MR) is 83.3 cm³/mol. The molecule has 0 saturated heterocycles. The zero-order valence-corrected chi connectivity index (χ0v) is 11.9. The Kier molecular flexibility index (Phi) is 3.48. The van der Waals surface area contributed by atoms with Gasteiger partial charge in [-0.3, -0.25) is 0 Å². The minimum Gasteiger partial charge on any atom is -0.497 e. The van der Waals surface area contributed by atoms with Crippen LogP contribution in [0.15, 0.2) is 64.5 Å². The van der Waals surface area contributed by atoms with Crippen LogP contribution in [0.4, 0.5) is 5.69 Å². The van der Waals surface area contributed by atoms with E-state index in [4.69, 9.17) is 10.5 Å². The lowest BCUT2D eigenvalue weighted by Gasteiger charge is -2.05. The maximum absolute atomic E-state index is 5.77. The summed E-state index contributed by atoms with van der Waals surface area (Å²) in [5.41, 5.74) is 7.48. The molecule has 4 heteroatoms. The summed E-state index contributed by atoms with van der Waals surface area (Å²) < 4.78 is 5.15. The molecule has 0 spiro atoms. The maximum Gasteiger partial charge on any atom is 0.118 e. The number of pyridine rings is 1. The molecule has 0 aliphatic rings. The van der Waals surface area contributed by atoms with Gasteiger partial charge < -0.3 is 10.5 Å². The van der Waals surface area contributed by atoms with Crippen LogP contribution in [0.2, 0.25) is 0 Å². The first-order valence-electron chi connectivity index (χ1n) is 6.23. The third-order valence-electron chi connectivity index (χ3n) is 2.97. The van der Waals surface area contributed by atoms with Gasteiger partial charge in [0.05, 0.1) is 12.6 Å². The molecule has 0 radical (unpaired) electrons. The molecule has 3 nitrogen and oxygen atoms in total. The Hall–Kier alpha value is -2.20. The van der Waals surface area contributed by atoms with Crippen LogP contribution in [0.1, 0.15) is 0 Å². The molecule has 0 fully saturated rings. The Morgan fingerprint density at radius 2 is 1.80 bits per heavy atom. The second-order valence-corrected chi connectivity index (χ2v) is 5.47. The van der Waals surface area contributed by atoms with Crippen molar-refractivity contribution in [3.8, 4) is 5.75 Å². The standard InChI is InChI=1S/C16H14N2OS/c1-19-13-4-6-14(7-5-13)20-16-9-2-11-10-12(17)3-8-15(11)18-16/h2-10H,17H2,1H3. The maximum atomic E-state index is 5.77. The average Bonchev–Trinajstić information content (AvgIpc) is 2.48. The lowest BCUT2D eigenvalue weighted by Crippen LogP contribution is -1.87. The zero-order chi connectivity index (χ0) is 13.9. The monoisotopic (exact) mass is 282 g/mol. The normalized spacial score (nSPS) is 10.7. The van der Waals surface area contributed by atoms with Gasteiger partial charge in [-0.25, -0.2) is 4.98 Å². The second kappa shape index (κ2) is 5.43. The number of anilines is 1. The summed E-state index contributed by atoms with van der Waals surface area (Å²) in [6, 6.07) is 17.8. The summed E-state index contributed by atoms with van der Waals surface area (Å²) in [5.74, 6) is 0.858. The van der Waals surface area contributed by atoms with Gasteiger partial charge in [-0.1, -0.05) is 17.8 Å². The number of nitrogens with two attached hydrogens (primary N) is 1. The van der Waals surface area contributed by atoms with Gasteiger partial charge in [0.15, 0.2) is 0 Å². The smallest absolute Gasteiger partial charge is 0.118 e. The number of rotatable bonds is 3. The number of nitrogens with zero attached hydrogens (tertiary/aromatic N) is 1. The van der Waals surface area contributed by atoms with Gasteiger partial charge in [-0.2, -0.15) is 0 Å². The molecule has 20 heavy (non-hydrogen) atoms. The number of hydrogen-bond acceptors (Lipinski definition) is 4. The second-order valence-electron chi connectivity index (χ2n) is 4.38. The predicted octanol–water partition coefficient (Wildman–Crippen LogP) is 3.98. The quantitative estimate of drug-likeness (QED) is 0.738. The highest BCUT2D eigenvalue weighted by atomic mass is 32.2. The van der Waals surface area contributed by atoms with E-state index < -0.39 is 0 Å². The molecule has 0 saturated carbocycles. The van der Waals surface area contributed by atoms with Crippen LogP contribution >= 0.6 is 11.8 Å². The lowest BCUT2D eigenvalue weighted by atomic mass is 10.2. The highest BCUT2D eigenvalue weighted by molar-refractivity contribution is 7.99. The molecule has 0 amide bonds. The van der Waals surface area contributed by atoms with Crippen molar-refractivity contribution >= 4 is 28.4 Å². The van der Waals surface area contributed by atoms with Gasteiger partial charge in [0, 0.05) is 16.0 Å². The summed E-state index contributed by atoms with van der Waals surface area (Å²) in [6.07, 6.45) is 0. The number of ether oxygens (including phenoxy) is 1. The van der Waals surface area contributed by atoms with Crippen molar-refractivity contribution in [2.24, 2.45) is 0 Å². The Balaban J connectivity index is 1.88. The Bertz CT molecular complexity index is 741. The van der Waals surface area contributed by atoms with Crippen molar-refractivity contribution < 1.29 is 4.74 Å². The van der Waals surface area contributed by atoms with Crippen LogP contribution in [0.5, 0.6) is 5.75 Å². The first-order valence-corrected chi connectivity index (χ1v) is 7.04. The number of benzene rings is 2. The fraction of sp³-hybridized carbons (Fsp3) is 0.0625. The van der Waals surface area contributed by atoms with Gasteiger partial charge in [0.25, 0.3) is 0 Å². The van der Waals surface area contributed by atoms with Crippen LogP contribution in [0.3, 0.4) is 0 Å². The van der Waals surface area contributed by atoms with E-state index in [2.05, 4.69) is 4.98 Å². The number of methoxy groups -OCH3 is 1. The number of hydrogen-bond donors (Lipinski definition) is 1. The highest BCUT2D eigenvalue weighted by Crippen LogP contribution is 2.29. The van der Waals surface area contributed by atoms with E-state index in [0.29, 0.717) is 0 Å². The summed E-state index contributed by atoms with van der Waals surface area (Å²) >= 11 is 1.63. The van der Waals surface area contributed by atoms with Crippen molar-refractivity contribution in [1.82, 2.24) is 4.98 Å². The molecular weight excluding hydrogens is 268 g/mol. The lowest BCUT2D eigenvalue weighted by molar-refractivity contribution is 0.414. The van der Waals surface area contributed by atoms with E-state index in [0.717, 1.165) is 32.3 Å². The van der Waals surface area contributed by atoms with Crippen molar-refractivity contribution in [2.45, 2.75) is 9.92 Å². The topological polar surface area (TPSA) is 48.1 Å². The summed E-state index contributed by atoms with van der Waals surface area (Å²) in [5, 5.41) is 2.02. The number of aromatic nitrogens is 1. The molecule has 0 bridgehead atoms. The third kappa shape index (κ3) is 2.70. The fourth-order valence-electron chi connectivity index (χ4n) is 1.95. The summed E-state index contributed by atoms with van der Waals surface area (Å²) in [6.45, 7) is 0. The highest BCUT2D eigenvalue weighted by Gasteiger charge is 2.02. The first-order chi connectivity index (χ1) is 9.74. The Morgan fingerprint density at radius 3 is 2.55 bits per heavy atom. The Labute approximate surface area is 121 Å². The van der Waals surface area contributed by atoms with Crippen molar-refractivity contribution in [3.63, 3.8) is 0 Å². The van der Waals surface area contributed by atoms with Crippen LogP contribution in [-0.2, 0) is 0 Å². The van der Waals surface area contributed by atoms with Crippen LogP contribution in [0, 0.1) is 0 Å². The van der Waals surface area contributed by atoms with E-state index in [1.54, 1.807) is 18.9 Å². The fourth-order valence-corrected chi connectivity index (χ4v) is 2.74. The van der Waals surface area contributed by atoms with E-state index in [1.165, 1.54) is 0 Å². The van der Waals surface area contributed by atoms with Gasteiger partial charge in [0.1, 0.15) is 10.8 Å². The van der Waals surface area contributed by atoms with E-state index >= 15 is 0 Å². The van der Waals surface area contributed by atoms with E-state index in [1.807, 2.05) is 54.6 Å². The summed E-state index contributed by atoms with van der Waals surface area (Å²) in [7, 11) is 1.67. The molecule has 2 N–H and O–H groups in total. The minimum atomic E-state index is 0.759. The average molecular weight is 282 g/mol. The molecule has 1 heterocycles. The van der Waals surface area contributed by atoms with Gasteiger partial charge in [-0.05, 0) is 48.5 Å². The molecule has 0 unspecified atom stereocenters. The molecule has 2 aromatic carbocycles. The van der Waals surface area contributed by atoms with Gasteiger partial charge in [0.2, 0.25) is 0 Å². The zero-order valence-electron chi connectivity index (χ0n) is 11.0. The number of nitrogen functional groups attached to an aromatic ring is 1. The minimum absolute atomic E-state index is 0.759. The van der Waals surface area contributed by atoms with Crippen LogP contribution in [0.25, 0.3) is 10.9 Å². The largest absolute Gasteiger partial charge is 0.497 e. The van der Waals surface area contributed by atoms with Crippen LogP contribution in [-0.4, -0.2) is 12.1 Å². The molecule has 3 rings (SSSR count). The van der Waals surface area contributed by atoms with Crippen molar-refractivity contribution in [3.05, 3.63) is 54.6 Å². The third-order valence-corrected chi connectivity index (χ3v) is 3.91. The van der Waals surface area contributed by atoms with E-state index in [9.17, 15) is 0 Å². The van der Waals surface area contributed by atoms with Crippen LogP contribution < -0.4 is 10.5 Å². The number of fused-ring (bicyclic) bond motifs is 1. The van der Waals surface area contributed by atoms with E-state index in [-0.39, 0.29) is 0 Å². The van der Waals surface area contributed by atoms with Crippen molar-refractivity contribution in [1.29, 1.82) is 0 Å². The SMILES string of the molecule is COc1ccc(Sc2ccc3cc(N)ccc3n2)cc1. The van der Waals surface area contributed by atoms with Crippen molar-refractivity contribution in [2.75, 3.05) is 12.8 Å². The Morgan fingerprint density at radius 1 is 1.00 bits per heavy atom. The van der Waals surface area contributed by atoms with Gasteiger partial charge in [-0.15, -0.1) is 0 Å². The molecule has 0 aliphatic carbocycles. The molecule has 3 aromatic rings. The van der Waals surface area contributed by atoms with Gasteiger partial charge >= 0.3 is 0 Å². The molecular formula is C16H14N2OS. The summed E-state index contributed by atoms with van der Waals surface area (Å²) in [4.78, 5) is 5.76. The molecule has 0 aliphatic heterocycles. The molecule has 100 valence electrons.